The molecule has 2 aliphatic heterocycles. The van der Waals surface area contributed by atoms with E-state index in [0.717, 1.165) is 56.2 Å². The molecule has 6 rings (SSSR count). The van der Waals surface area contributed by atoms with Gasteiger partial charge in [-0.15, -0.1) is 0 Å². The Kier molecular flexibility index (Phi) is 3.93. The molecule has 0 aromatic carbocycles. The number of aromatic amines is 2. The van der Waals surface area contributed by atoms with Crippen molar-refractivity contribution in [3.63, 3.8) is 0 Å². The predicted octanol–water partition coefficient (Wildman–Crippen LogP) is 5.24. The Labute approximate surface area is 179 Å². The van der Waals surface area contributed by atoms with E-state index >= 15 is 0 Å². The zero-order chi connectivity index (χ0) is 20.8. The largest absolute Gasteiger partial charge is 0.355 e. The number of hydrogen-bond donors (Lipinski definition) is 2. The number of pyridine rings is 1. The van der Waals surface area contributed by atoms with Crippen molar-refractivity contribution < 1.29 is 4.57 Å². The summed E-state index contributed by atoms with van der Waals surface area (Å²) < 4.78 is 2.15. The van der Waals surface area contributed by atoms with Crippen LogP contribution in [0.4, 0.5) is 0 Å². The predicted molar refractivity (Wildman–Crippen MR) is 125 cm³/mol. The minimum Gasteiger partial charge on any atom is -0.355 e. The van der Waals surface area contributed by atoms with Crippen LogP contribution < -0.4 is 4.57 Å². The molecule has 5 heteroatoms. The van der Waals surface area contributed by atoms with Crippen LogP contribution in [0.1, 0.15) is 28.5 Å². The van der Waals surface area contributed by atoms with Gasteiger partial charge in [0, 0.05) is 41.1 Å². The van der Waals surface area contributed by atoms with Gasteiger partial charge in [0.15, 0.2) is 11.9 Å². The monoisotopic (exact) mass is 402 g/mol. The lowest BCUT2D eigenvalue weighted by Crippen LogP contribution is -2.35. The molecule has 148 valence electrons. The van der Waals surface area contributed by atoms with E-state index in [1.807, 2.05) is 24.3 Å². The molecular weight excluding hydrogens is 382 g/mol. The number of aryl methyl sites for hydroxylation is 1. The average molecular weight is 402 g/mol. The molecule has 4 aromatic rings. The fourth-order valence-electron chi connectivity index (χ4n) is 4.02. The summed E-state index contributed by atoms with van der Waals surface area (Å²) in [5, 5.41) is 0. The highest BCUT2D eigenvalue weighted by atomic mass is 15.0. The molecule has 2 aliphatic rings. The van der Waals surface area contributed by atoms with Crippen molar-refractivity contribution in [1.82, 2.24) is 19.9 Å². The van der Waals surface area contributed by atoms with Gasteiger partial charge in [-0.2, -0.15) is 4.57 Å². The molecule has 0 spiro atoms. The van der Waals surface area contributed by atoms with Crippen LogP contribution in [0.25, 0.3) is 52.1 Å². The quantitative estimate of drug-likeness (QED) is 0.370. The first-order valence-electron chi connectivity index (χ1n) is 10.3. The van der Waals surface area contributed by atoms with E-state index in [-0.39, 0.29) is 0 Å². The third-order valence-corrected chi connectivity index (χ3v) is 5.49. The van der Waals surface area contributed by atoms with Crippen LogP contribution in [0.5, 0.6) is 0 Å². The van der Waals surface area contributed by atoms with Gasteiger partial charge in [0.05, 0.1) is 11.4 Å². The standard InChI is InChI=1S/C26H20N5/c1-17-4-2-3-13-31(17)26-24-11-9-22(29-24)15-20-7-5-18(27-20)14-19-6-8-21(28-19)16-23-10-12-25(26)30-23/h2-16,27-28H,1H3/q+1. The molecule has 0 saturated carbocycles. The number of H-pyrrole nitrogens is 2. The lowest BCUT2D eigenvalue weighted by atomic mass is 10.2. The first-order chi connectivity index (χ1) is 15.2. The van der Waals surface area contributed by atoms with Crippen molar-refractivity contribution in [2.75, 3.05) is 0 Å². The summed E-state index contributed by atoms with van der Waals surface area (Å²) in [5.41, 5.74) is 9.78. The van der Waals surface area contributed by atoms with E-state index < -0.39 is 0 Å². The summed E-state index contributed by atoms with van der Waals surface area (Å²) in [6, 6.07) is 20.7. The van der Waals surface area contributed by atoms with Gasteiger partial charge in [0.25, 0.3) is 5.69 Å². The minimum absolute atomic E-state index is 0.891. The maximum atomic E-state index is 4.92. The SMILES string of the molecule is Cc1cccc[n+]1-c1c2nc(cc3ccc(cc4ccc(cc5nc1C=C5)[nH]4)[nH]3)C=C2. The second kappa shape index (κ2) is 6.92. The Morgan fingerprint density at radius 1 is 0.645 bits per heavy atom. The molecule has 0 amide bonds. The van der Waals surface area contributed by atoms with Gasteiger partial charge < -0.3 is 9.97 Å². The number of fused-ring (bicyclic) bond motifs is 8. The van der Waals surface area contributed by atoms with Crippen LogP contribution in [0.15, 0.2) is 66.9 Å². The normalized spacial score (nSPS) is 12.4. The van der Waals surface area contributed by atoms with Crippen molar-refractivity contribution in [1.29, 1.82) is 0 Å². The summed E-state index contributed by atoms with van der Waals surface area (Å²) in [6.45, 7) is 2.09. The molecule has 8 bridgehead atoms. The Bertz CT molecular complexity index is 1460. The third-order valence-electron chi connectivity index (χ3n) is 5.49. The molecule has 0 aliphatic carbocycles. The molecule has 0 atom stereocenters. The number of aromatic nitrogens is 5. The van der Waals surface area contributed by atoms with Crippen molar-refractivity contribution >= 4 is 46.4 Å². The highest BCUT2D eigenvalue weighted by molar-refractivity contribution is 5.81. The van der Waals surface area contributed by atoms with Gasteiger partial charge in [-0.3, -0.25) is 0 Å². The van der Waals surface area contributed by atoms with Crippen molar-refractivity contribution in [2.24, 2.45) is 0 Å². The van der Waals surface area contributed by atoms with Gasteiger partial charge >= 0.3 is 0 Å². The van der Waals surface area contributed by atoms with Crippen LogP contribution in [-0.4, -0.2) is 19.9 Å². The Morgan fingerprint density at radius 2 is 1.19 bits per heavy atom. The van der Waals surface area contributed by atoms with Crippen molar-refractivity contribution in [3.8, 4) is 5.69 Å². The van der Waals surface area contributed by atoms with E-state index in [9.17, 15) is 0 Å². The summed E-state index contributed by atoms with van der Waals surface area (Å²) >= 11 is 0. The average Bonchev–Trinajstić information content (AvgIpc) is 3.55. The fourth-order valence-corrected chi connectivity index (χ4v) is 4.02. The summed E-state index contributed by atoms with van der Waals surface area (Å²) in [4.78, 5) is 16.7. The molecular formula is C26H20N5+. The molecule has 6 heterocycles. The molecule has 0 saturated heterocycles. The summed E-state index contributed by atoms with van der Waals surface area (Å²) in [5.74, 6) is 0. The van der Waals surface area contributed by atoms with Gasteiger partial charge in [-0.05, 0) is 66.8 Å². The topological polar surface area (TPSA) is 61.2 Å². The van der Waals surface area contributed by atoms with Crippen molar-refractivity contribution in [2.45, 2.75) is 6.92 Å². The van der Waals surface area contributed by atoms with Crippen LogP contribution in [-0.2, 0) is 0 Å². The summed E-state index contributed by atoms with van der Waals surface area (Å²) in [7, 11) is 0. The number of hydrogen-bond acceptors (Lipinski definition) is 2. The Morgan fingerprint density at radius 3 is 1.74 bits per heavy atom. The molecule has 5 nitrogen and oxygen atoms in total. The Hall–Kier alpha value is -4.25. The van der Waals surface area contributed by atoms with Crippen LogP contribution in [0.2, 0.25) is 0 Å². The first-order valence-corrected chi connectivity index (χ1v) is 10.3. The minimum atomic E-state index is 0.891. The zero-order valence-electron chi connectivity index (χ0n) is 17.0. The smallest absolute Gasteiger partial charge is 0.262 e. The Balaban J connectivity index is 1.74. The molecule has 0 radical (unpaired) electrons. The lowest BCUT2D eigenvalue weighted by molar-refractivity contribution is -0.603. The molecule has 2 N–H and O–H groups in total. The van der Waals surface area contributed by atoms with E-state index in [0.29, 0.717) is 0 Å². The van der Waals surface area contributed by atoms with Gasteiger partial charge in [-0.1, -0.05) is 6.07 Å². The molecule has 31 heavy (non-hydrogen) atoms. The van der Waals surface area contributed by atoms with Crippen LogP contribution >= 0.6 is 0 Å². The van der Waals surface area contributed by atoms with Gasteiger partial charge in [0.2, 0.25) is 0 Å². The second-order valence-corrected chi connectivity index (χ2v) is 7.74. The number of nitrogens with zero attached hydrogens (tertiary/aromatic N) is 3. The highest BCUT2D eigenvalue weighted by Crippen LogP contribution is 2.22. The maximum Gasteiger partial charge on any atom is 0.262 e. The second-order valence-electron chi connectivity index (χ2n) is 7.74. The van der Waals surface area contributed by atoms with E-state index in [2.05, 4.69) is 88.3 Å². The molecule has 0 unspecified atom stereocenters. The van der Waals surface area contributed by atoms with Gasteiger partial charge in [-0.25, -0.2) is 9.97 Å². The summed E-state index contributed by atoms with van der Waals surface area (Å²) in [6.07, 6.45) is 10.3. The van der Waals surface area contributed by atoms with E-state index in [4.69, 9.17) is 9.97 Å². The fraction of sp³-hybridized carbons (Fsp3) is 0.0385. The molecule has 0 fully saturated rings. The lowest BCUT2D eigenvalue weighted by Gasteiger charge is -2.01. The molecule has 4 aromatic heterocycles. The third kappa shape index (κ3) is 3.26. The number of rotatable bonds is 1. The van der Waals surface area contributed by atoms with Gasteiger partial charge in [0.1, 0.15) is 11.4 Å². The van der Waals surface area contributed by atoms with Crippen molar-refractivity contribution in [3.05, 3.63) is 95.3 Å². The van der Waals surface area contributed by atoms with E-state index in [1.54, 1.807) is 0 Å². The van der Waals surface area contributed by atoms with E-state index in [1.165, 1.54) is 0 Å². The zero-order valence-corrected chi connectivity index (χ0v) is 17.0. The highest BCUT2D eigenvalue weighted by Gasteiger charge is 2.22. The number of nitrogens with one attached hydrogen (secondary N) is 2. The van der Waals surface area contributed by atoms with Crippen LogP contribution in [0.3, 0.4) is 0 Å². The first kappa shape index (κ1) is 17.6. The maximum absolute atomic E-state index is 4.92. The van der Waals surface area contributed by atoms with Crippen LogP contribution in [0, 0.1) is 6.92 Å².